The number of halogens is 3. The second-order valence-corrected chi connectivity index (χ2v) is 11.1. The molecule has 0 bridgehead atoms. The van der Waals surface area contributed by atoms with E-state index in [2.05, 4.69) is 21.4 Å². The fourth-order valence-electron chi connectivity index (χ4n) is 5.73. The van der Waals surface area contributed by atoms with Crippen molar-refractivity contribution in [2.75, 3.05) is 18.9 Å². The molecule has 6 rings (SSSR count). The molecule has 11 heteroatoms. The van der Waals surface area contributed by atoms with Gasteiger partial charge in [-0.05, 0) is 66.6 Å². The van der Waals surface area contributed by atoms with Crippen LogP contribution in [-0.2, 0) is 29.4 Å². The molecule has 3 N–H and O–H groups in total. The summed E-state index contributed by atoms with van der Waals surface area (Å²) in [4.78, 5) is 40.2. The average Bonchev–Trinajstić information content (AvgIpc) is 3.85. The summed E-state index contributed by atoms with van der Waals surface area (Å²) < 4.78 is 39.5. The van der Waals surface area contributed by atoms with Crippen molar-refractivity contribution in [2.24, 2.45) is 0 Å². The number of amides is 1. The molecule has 4 aromatic rings. The number of carbonyl (C=O) groups excluding carboxylic acids is 1. The van der Waals surface area contributed by atoms with Gasteiger partial charge < -0.3 is 20.3 Å². The number of nitrogens with one attached hydrogen (secondary N) is 2. The highest BCUT2D eigenvalue weighted by Gasteiger charge is 2.49. The minimum atomic E-state index is -4.60. The molecule has 1 saturated carbocycles. The molecular formula is C32H30F3N5O3. The number of anilines is 1. The average molecular weight is 590 g/mol. The van der Waals surface area contributed by atoms with Gasteiger partial charge in [-0.2, -0.15) is 13.2 Å². The minimum absolute atomic E-state index is 0.0924. The Hall–Kier alpha value is -4.51. The first-order valence-corrected chi connectivity index (χ1v) is 14.1. The SMILES string of the molecule is CNc1ccc(-c2cccc(C3(c4nc5c(c(=O)[nH]4)CN(C(=O)[C@H](O)c4cccc(C(F)(F)F)c4)CCC5)CC3)c2)cn1. The molecule has 43 heavy (non-hydrogen) atoms. The van der Waals surface area contributed by atoms with Gasteiger partial charge in [0.2, 0.25) is 0 Å². The molecule has 1 amide bonds. The molecular weight excluding hydrogens is 559 g/mol. The predicted molar refractivity (Wildman–Crippen MR) is 154 cm³/mol. The number of hydrogen-bond acceptors (Lipinski definition) is 6. The van der Waals surface area contributed by atoms with Crippen LogP contribution in [0, 0.1) is 0 Å². The first-order chi connectivity index (χ1) is 20.6. The molecule has 0 spiro atoms. The lowest BCUT2D eigenvalue weighted by Crippen LogP contribution is -2.36. The molecule has 2 aliphatic rings. The third-order valence-electron chi connectivity index (χ3n) is 8.34. The van der Waals surface area contributed by atoms with Crippen molar-refractivity contribution in [1.82, 2.24) is 19.9 Å². The first-order valence-electron chi connectivity index (χ1n) is 14.1. The summed E-state index contributed by atoms with van der Waals surface area (Å²) in [7, 11) is 1.81. The van der Waals surface area contributed by atoms with Crippen LogP contribution >= 0.6 is 0 Å². The van der Waals surface area contributed by atoms with Crippen LogP contribution in [0.5, 0.6) is 0 Å². The zero-order valence-corrected chi connectivity index (χ0v) is 23.4. The third kappa shape index (κ3) is 5.52. The lowest BCUT2D eigenvalue weighted by molar-refractivity contribution is -0.142. The normalized spacial score (nSPS) is 16.6. The van der Waals surface area contributed by atoms with E-state index in [-0.39, 0.29) is 24.2 Å². The summed E-state index contributed by atoms with van der Waals surface area (Å²) in [5, 5.41) is 13.7. The van der Waals surface area contributed by atoms with E-state index in [9.17, 15) is 27.9 Å². The Balaban J connectivity index is 1.25. The predicted octanol–water partition coefficient (Wildman–Crippen LogP) is 4.98. The van der Waals surface area contributed by atoms with Crippen molar-refractivity contribution in [1.29, 1.82) is 0 Å². The standard InChI is InChI=1S/C32H30F3N5O3/c1-36-26-11-10-21(17-37-26)19-5-2-7-22(15-19)31(12-13-31)30-38-25-9-4-14-40(18-24(25)28(42)39-30)29(43)27(41)20-6-3-8-23(16-20)32(33,34)35/h2-3,5-8,10-11,15-17,27,41H,4,9,12-14,18H2,1H3,(H,36,37)(H,38,39,42)/t27-/m1/s1. The number of fused-ring (bicyclic) bond motifs is 1. The van der Waals surface area contributed by atoms with Gasteiger partial charge in [0.05, 0.1) is 28.8 Å². The Morgan fingerprint density at radius 3 is 2.58 bits per heavy atom. The van der Waals surface area contributed by atoms with Crippen molar-refractivity contribution >= 4 is 11.7 Å². The number of aromatic nitrogens is 3. The number of alkyl halides is 3. The van der Waals surface area contributed by atoms with Gasteiger partial charge in [-0.25, -0.2) is 9.97 Å². The number of rotatable bonds is 6. The van der Waals surface area contributed by atoms with E-state index in [1.165, 1.54) is 11.0 Å². The van der Waals surface area contributed by atoms with E-state index in [4.69, 9.17) is 4.98 Å². The second-order valence-electron chi connectivity index (χ2n) is 11.1. The lowest BCUT2D eigenvalue weighted by atomic mass is 9.91. The Morgan fingerprint density at radius 2 is 1.88 bits per heavy atom. The Kier molecular flexibility index (Phi) is 7.29. The summed E-state index contributed by atoms with van der Waals surface area (Å²) in [5.41, 5.74) is 2.05. The zero-order valence-electron chi connectivity index (χ0n) is 23.4. The molecule has 2 aromatic carbocycles. The molecule has 3 heterocycles. The molecule has 2 aromatic heterocycles. The van der Waals surface area contributed by atoms with Crippen LogP contribution in [0.3, 0.4) is 0 Å². The molecule has 1 aliphatic heterocycles. The Labute approximate surface area is 245 Å². The summed E-state index contributed by atoms with van der Waals surface area (Å²) in [6, 6.07) is 16.1. The van der Waals surface area contributed by atoms with Crippen molar-refractivity contribution in [3.8, 4) is 11.1 Å². The van der Waals surface area contributed by atoms with Gasteiger partial charge in [-0.1, -0.05) is 36.4 Å². The number of carbonyl (C=O) groups is 1. The molecule has 0 radical (unpaired) electrons. The number of nitrogens with zero attached hydrogens (tertiary/aromatic N) is 3. The van der Waals surface area contributed by atoms with Gasteiger partial charge in [-0.15, -0.1) is 0 Å². The van der Waals surface area contributed by atoms with Gasteiger partial charge in [0.15, 0.2) is 6.10 Å². The summed E-state index contributed by atoms with van der Waals surface area (Å²) >= 11 is 0. The lowest BCUT2D eigenvalue weighted by Gasteiger charge is -2.24. The van der Waals surface area contributed by atoms with E-state index < -0.39 is 29.2 Å². The van der Waals surface area contributed by atoms with Crippen molar-refractivity contribution in [3.05, 3.63) is 111 Å². The topological polar surface area (TPSA) is 111 Å². The van der Waals surface area contributed by atoms with Gasteiger partial charge in [0.25, 0.3) is 11.5 Å². The number of benzene rings is 2. The van der Waals surface area contributed by atoms with Crippen LogP contribution in [0.4, 0.5) is 19.0 Å². The monoisotopic (exact) mass is 589 g/mol. The van der Waals surface area contributed by atoms with Crippen LogP contribution < -0.4 is 10.9 Å². The fourth-order valence-corrected chi connectivity index (χ4v) is 5.73. The third-order valence-corrected chi connectivity index (χ3v) is 8.34. The number of hydrogen-bond donors (Lipinski definition) is 3. The Morgan fingerprint density at radius 1 is 1.09 bits per heavy atom. The highest BCUT2D eigenvalue weighted by molar-refractivity contribution is 5.82. The van der Waals surface area contributed by atoms with Crippen LogP contribution in [0.1, 0.15) is 59.1 Å². The zero-order chi connectivity index (χ0) is 30.4. The van der Waals surface area contributed by atoms with Crippen molar-refractivity contribution in [3.63, 3.8) is 0 Å². The maximum atomic E-state index is 13.4. The fraction of sp³-hybridized carbons (Fsp3) is 0.312. The molecule has 1 atom stereocenters. The van der Waals surface area contributed by atoms with Crippen molar-refractivity contribution < 1.29 is 23.1 Å². The molecule has 0 saturated heterocycles. The molecule has 222 valence electrons. The highest BCUT2D eigenvalue weighted by Crippen LogP contribution is 2.52. The smallest absolute Gasteiger partial charge is 0.378 e. The maximum Gasteiger partial charge on any atom is 0.416 e. The number of aliphatic hydroxyl groups is 1. The van der Waals surface area contributed by atoms with E-state index in [0.29, 0.717) is 29.9 Å². The molecule has 8 nitrogen and oxygen atoms in total. The van der Waals surface area contributed by atoms with Gasteiger partial charge >= 0.3 is 6.18 Å². The van der Waals surface area contributed by atoms with Gasteiger partial charge in [0, 0.05) is 25.4 Å². The maximum absolute atomic E-state index is 13.4. The molecule has 1 aliphatic carbocycles. The van der Waals surface area contributed by atoms with Crippen LogP contribution in [0.25, 0.3) is 11.1 Å². The second kappa shape index (κ2) is 11.0. The minimum Gasteiger partial charge on any atom is -0.378 e. The van der Waals surface area contributed by atoms with Gasteiger partial charge in [0.1, 0.15) is 11.6 Å². The number of H-pyrrole nitrogens is 1. The number of aromatic amines is 1. The van der Waals surface area contributed by atoms with Crippen LogP contribution in [0.2, 0.25) is 0 Å². The quantitative estimate of drug-likeness (QED) is 0.293. The number of pyridine rings is 1. The number of aliphatic hydroxyl groups excluding tert-OH is 1. The highest BCUT2D eigenvalue weighted by atomic mass is 19.4. The first kappa shape index (κ1) is 28.6. The van der Waals surface area contributed by atoms with E-state index in [1.807, 2.05) is 43.6 Å². The van der Waals surface area contributed by atoms with Crippen molar-refractivity contribution in [2.45, 2.75) is 49.9 Å². The summed E-state index contributed by atoms with van der Waals surface area (Å²) in [6.45, 7) is 0.137. The van der Waals surface area contributed by atoms with E-state index >= 15 is 0 Å². The van der Waals surface area contributed by atoms with E-state index in [1.54, 1.807) is 0 Å². The van der Waals surface area contributed by atoms with Crippen LogP contribution in [0.15, 0.2) is 71.7 Å². The summed E-state index contributed by atoms with van der Waals surface area (Å²) in [5.74, 6) is 0.597. The number of aryl methyl sites for hydroxylation is 1. The Bertz CT molecular complexity index is 1730. The van der Waals surface area contributed by atoms with E-state index in [0.717, 1.165) is 53.5 Å². The largest absolute Gasteiger partial charge is 0.416 e. The van der Waals surface area contributed by atoms with Gasteiger partial charge in [-0.3, -0.25) is 9.59 Å². The summed E-state index contributed by atoms with van der Waals surface area (Å²) in [6.07, 6.45) is -2.00. The van der Waals surface area contributed by atoms with Crippen LogP contribution in [-0.4, -0.2) is 44.5 Å². The molecule has 0 unspecified atom stereocenters. The molecule has 1 fully saturated rings.